The van der Waals surface area contributed by atoms with Gasteiger partial charge in [-0.2, -0.15) is 0 Å². The summed E-state index contributed by atoms with van der Waals surface area (Å²) in [7, 11) is -3.70. The van der Waals surface area contributed by atoms with Gasteiger partial charge in [0.1, 0.15) is 4.90 Å². The highest BCUT2D eigenvalue weighted by Gasteiger charge is 2.14. The van der Waals surface area contributed by atoms with E-state index in [0.717, 1.165) is 11.1 Å². The van der Waals surface area contributed by atoms with Crippen LogP contribution in [0.25, 0.3) is 0 Å². The van der Waals surface area contributed by atoms with Crippen LogP contribution in [0.5, 0.6) is 0 Å². The maximum Gasteiger partial charge on any atom is 0.239 e. The van der Waals surface area contributed by atoms with Crippen LogP contribution in [-0.4, -0.2) is 8.42 Å². The fourth-order valence-corrected chi connectivity index (χ4v) is 2.17. The predicted molar refractivity (Wildman–Crippen MR) is 52.3 cm³/mol. The molecule has 72 valence electrons. The van der Waals surface area contributed by atoms with Gasteiger partial charge in [0.15, 0.2) is 0 Å². The Morgan fingerprint density at radius 3 is 2.31 bits per heavy atom. The zero-order valence-electron chi connectivity index (χ0n) is 7.33. The Hall–Kier alpha value is -0.580. The molecule has 0 aliphatic carbocycles. The number of nitrogens with two attached hydrogens (primary N) is 1. The first-order chi connectivity index (χ1) is 5.84. The third-order valence-electron chi connectivity index (χ3n) is 1.93. The summed E-state index contributed by atoms with van der Waals surface area (Å²) < 4.78 is 22.0. The second-order valence-corrected chi connectivity index (χ2v) is 4.77. The molecule has 13 heavy (non-hydrogen) atoms. The Morgan fingerprint density at radius 1 is 1.31 bits per heavy atom. The summed E-state index contributed by atoms with van der Waals surface area (Å²) in [6.45, 7) is 3.61. The molecule has 1 rings (SSSR count). The monoisotopic (exact) mass is 219 g/mol. The average Bonchev–Trinajstić information content (AvgIpc) is 1.98. The highest BCUT2D eigenvalue weighted by atomic mass is 35.5. The maximum absolute atomic E-state index is 11.0. The molecule has 0 spiro atoms. The van der Waals surface area contributed by atoms with Crippen LogP contribution < -0.4 is 5.14 Å². The zero-order valence-corrected chi connectivity index (χ0v) is 8.91. The van der Waals surface area contributed by atoms with Crippen LogP contribution in [0.4, 0.5) is 0 Å². The molecule has 0 radical (unpaired) electrons. The number of hydrogen-bond donors (Lipinski definition) is 1. The Labute approximate surface area is 82.6 Å². The number of hydrogen-bond acceptors (Lipinski definition) is 2. The quantitative estimate of drug-likeness (QED) is 0.780. The summed E-state index contributed by atoms with van der Waals surface area (Å²) in [6.07, 6.45) is 0. The lowest BCUT2D eigenvalue weighted by Crippen LogP contribution is -2.13. The van der Waals surface area contributed by atoms with E-state index in [9.17, 15) is 8.42 Å². The maximum atomic E-state index is 11.0. The van der Waals surface area contributed by atoms with Crippen LogP contribution >= 0.6 is 11.6 Å². The van der Waals surface area contributed by atoms with Gasteiger partial charge in [-0.3, -0.25) is 0 Å². The van der Waals surface area contributed by atoms with E-state index in [2.05, 4.69) is 0 Å². The van der Waals surface area contributed by atoms with E-state index in [1.165, 1.54) is 6.07 Å². The van der Waals surface area contributed by atoms with Gasteiger partial charge in [0, 0.05) is 0 Å². The molecule has 0 atom stereocenters. The van der Waals surface area contributed by atoms with Gasteiger partial charge in [-0.15, -0.1) is 0 Å². The zero-order chi connectivity index (χ0) is 10.2. The first-order valence-electron chi connectivity index (χ1n) is 3.62. The third kappa shape index (κ3) is 2.02. The molecule has 2 N–H and O–H groups in total. The van der Waals surface area contributed by atoms with Gasteiger partial charge in [-0.1, -0.05) is 17.7 Å². The normalized spacial score (nSPS) is 11.7. The number of aryl methyl sites for hydroxylation is 1. The number of benzene rings is 1. The minimum atomic E-state index is -3.70. The first-order valence-corrected chi connectivity index (χ1v) is 5.55. The van der Waals surface area contributed by atoms with Crippen molar-refractivity contribution < 1.29 is 8.42 Å². The van der Waals surface area contributed by atoms with E-state index in [1.54, 1.807) is 13.0 Å². The van der Waals surface area contributed by atoms with Crippen LogP contribution in [-0.2, 0) is 10.0 Å². The van der Waals surface area contributed by atoms with E-state index in [0.29, 0.717) is 0 Å². The standard InChI is InChI=1S/C8H10ClNO2S/c1-5-3-4-7(13(10,11)12)8(9)6(5)2/h3-4H,1-2H3,(H2,10,11,12). The number of rotatable bonds is 1. The SMILES string of the molecule is Cc1ccc(S(N)(=O)=O)c(Cl)c1C. The second kappa shape index (κ2) is 3.29. The Balaban J connectivity index is 3.53. The van der Waals surface area contributed by atoms with Crippen LogP contribution in [0.15, 0.2) is 17.0 Å². The van der Waals surface area contributed by atoms with Crippen LogP contribution in [0.3, 0.4) is 0 Å². The van der Waals surface area contributed by atoms with Crippen molar-refractivity contribution in [2.45, 2.75) is 18.7 Å². The first kappa shape index (κ1) is 10.5. The Morgan fingerprint density at radius 2 is 1.85 bits per heavy atom. The van der Waals surface area contributed by atoms with Gasteiger partial charge < -0.3 is 0 Å². The topological polar surface area (TPSA) is 60.2 Å². The summed E-state index contributed by atoms with van der Waals surface area (Å²) in [6, 6.07) is 3.10. The Bertz CT molecular complexity index is 440. The Kier molecular flexibility index (Phi) is 2.66. The molecule has 0 heterocycles. The van der Waals surface area contributed by atoms with Crippen LogP contribution in [0.1, 0.15) is 11.1 Å². The van der Waals surface area contributed by atoms with Gasteiger partial charge in [0.2, 0.25) is 10.0 Å². The molecule has 0 aliphatic rings. The average molecular weight is 220 g/mol. The van der Waals surface area contributed by atoms with E-state index < -0.39 is 10.0 Å². The highest BCUT2D eigenvalue weighted by molar-refractivity contribution is 7.89. The van der Waals surface area contributed by atoms with Gasteiger partial charge in [-0.25, -0.2) is 13.6 Å². The molecule has 0 fully saturated rings. The summed E-state index contributed by atoms with van der Waals surface area (Å²) in [5.74, 6) is 0. The molecule has 1 aromatic rings. The lowest BCUT2D eigenvalue weighted by atomic mass is 10.1. The number of halogens is 1. The molecule has 0 saturated carbocycles. The van der Waals surface area contributed by atoms with Gasteiger partial charge >= 0.3 is 0 Å². The van der Waals surface area contributed by atoms with Crippen molar-refractivity contribution in [2.75, 3.05) is 0 Å². The molecule has 5 heteroatoms. The molecule has 0 aliphatic heterocycles. The minimum absolute atomic E-state index is 0.0164. The summed E-state index contributed by atoms with van der Waals surface area (Å²) in [5, 5.41) is 5.17. The van der Waals surface area contributed by atoms with E-state index >= 15 is 0 Å². The molecule has 0 saturated heterocycles. The smallest absolute Gasteiger partial charge is 0.225 e. The van der Waals surface area contributed by atoms with Crippen molar-refractivity contribution in [3.8, 4) is 0 Å². The summed E-state index contributed by atoms with van der Waals surface area (Å²) >= 11 is 5.82. The summed E-state index contributed by atoms with van der Waals surface area (Å²) in [5.41, 5.74) is 1.69. The summed E-state index contributed by atoms with van der Waals surface area (Å²) in [4.78, 5) is -0.0164. The molecule has 0 unspecified atom stereocenters. The van der Waals surface area contributed by atoms with Crippen LogP contribution in [0, 0.1) is 13.8 Å². The molecule has 0 aromatic heterocycles. The van der Waals surface area contributed by atoms with Crippen molar-refractivity contribution in [2.24, 2.45) is 5.14 Å². The van der Waals surface area contributed by atoms with E-state index in [-0.39, 0.29) is 9.92 Å². The van der Waals surface area contributed by atoms with Crippen LogP contribution in [0.2, 0.25) is 5.02 Å². The van der Waals surface area contributed by atoms with Gasteiger partial charge in [0.25, 0.3) is 0 Å². The third-order valence-corrected chi connectivity index (χ3v) is 3.48. The molecule has 1 aromatic carbocycles. The second-order valence-electron chi connectivity index (χ2n) is 2.86. The van der Waals surface area contributed by atoms with Crippen molar-refractivity contribution in [1.29, 1.82) is 0 Å². The largest absolute Gasteiger partial charge is 0.239 e. The highest BCUT2D eigenvalue weighted by Crippen LogP contribution is 2.26. The number of sulfonamides is 1. The predicted octanol–water partition coefficient (Wildman–Crippen LogP) is 1.60. The molecule has 0 bridgehead atoms. The van der Waals surface area contributed by atoms with E-state index in [1.807, 2.05) is 6.92 Å². The van der Waals surface area contributed by atoms with Gasteiger partial charge in [0.05, 0.1) is 5.02 Å². The fourth-order valence-electron chi connectivity index (χ4n) is 0.976. The number of primary sulfonamides is 1. The van der Waals surface area contributed by atoms with E-state index in [4.69, 9.17) is 16.7 Å². The lowest BCUT2D eigenvalue weighted by Gasteiger charge is -2.06. The van der Waals surface area contributed by atoms with Crippen molar-refractivity contribution >= 4 is 21.6 Å². The van der Waals surface area contributed by atoms with Crippen molar-refractivity contribution in [1.82, 2.24) is 0 Å². The lowest BCUT2D eigenvalue weighted by molar-refractivity contribution is 0.597. The fraction of sp³-hybridized carbons (Fsp3) is 0.250. The minimum Gasteiger partial charge on any atom is -0.225 e. The molecule has 0 amide bonds. The molecular formula is C8H10ClNO2S. The molecule has 3 nitrogen and oxygen atoms in total. The van der Waals surface area contributed by atoms with Gasteiger partial charge in [-0.05, 0) is 31.0 Å². The van der Waals surface area contributed by atoms with Crippen molar-refractivity contribution in [3.63, 3.8) is 0 Å². The molecular weight excluding hydrogens is 210 g/mol. The van der Waals surface area contributed by atoms with Crippen molar-refractivity contribution in [3.05, 3.63) is 28.3 Å².